The number of aromatic nitrogens is 7. The molecule has 2 heterocycles. The summed E-state index contributed by atoms with van der Waals surface area (Å²) in [5.41, 5.74) is 3.37. The molecule has 0 spiro atoms. The molecule has 19 heavy (non-hydrogen) atoms. The first-order chi connectivity index (χ1) is 9.24. The van der Waals surface area contributed by atoms with Crippen molar-refractivity contribution < 1.29 is 4.39 Å². The van der Waals surface area contributed by atoms with Crippen LogP contribution < -0.4 is 5.43 Å². The SMILES string of the molecule is Fc1ccc(-n2nnnc2Nn2cnnc2)cc1Cl. The first-order valence-corrected chi connectivity index (χ1v) is 5.47. The molecule has 0 atom stereocenters. The van der Waals surface area contributed by atoms with Gasteiger partial charge in [-0.05, 0) is 28.6 Å². The minimum Gasteiger partial charge on any atom is -0.257 e. The Hall–Kier alpha value is -2.55. The van der Waals surface area contributed by atoms with Gasteiger partial charge in [-0.25, -0.2) is 9.07 Å². The van der Waals surface area contributed by atoms with Crippen LogP contribution in [0.5, 0.6) is 0 Å². The molecule has 0 fully saturated rings. The Balaban J connectivity index is 1.97. The molecule has 8 nitrogen and oxygen atoms in total. The third-order valence-corrected chi connectivity index (χ3v) is 2.55. The largest absolute Gasteiger partial charge is 0.266 e. The Morgan fingerprint density at radius 2 is 2.00 bits per heavy atom. The van der Waals surface area contributed by atoms with Crippen molar-refractivity contribution in [2.75, 3.05) is 5.43 Å². The highest BCUT2D eigenvalue weighted by molar-refractivity contribution is 6.30. The highest BCUT2D eigenvalue weighted by atomic mass is 35.5. The van der Waals surface area contributed by atoms with E-state index in [1.807, 2.05) is 0 Å². The Morgan fingerprint density at radius 3 is 2.74 bits per heavy atom. The summed E-state index contributed by atoms with van der Waals surface area (Å²) in [6.45, 7) is 0. The highest BCUT2D eigenvalue weighted by Crippen LogP contribution is 2.19. The summed E-state index contributed by atoms with van der Waals surface area (Å²) in [5.74, 6) is -0.200. The molecule has 1 N–H and O–H groups in total. The first-order valence-electron chi connectivity index (χ1n) is 5.09. The molecule has 0 saturated carbocycles. The Morgan fingerprint density at radius 1 is 1.21 bits per heavy atom. The number of benzene rings is 1. The average molecular weight is 281 g/mol. The van der Waals surface area contributed by atoms with Crippen molar-refractivity contribution in [2.24, 2.45) is 0 Å². The average Bonchev–Trinajstić information content (AvgIpc) is 3.05. The van der Waals surface area contributed by atoms with E-state index in [2.05, 4.69) is 31.1 Å². The van der Waals surface area contributed by atoms with Gasteiger partial charge in [-0.3, -0.25) is 5.43 Å². The molecular weight excluding hydrogens is 275 g/mol. The molecule has 0 aliphatic rings. The van der Waals surface area contributed by atoms with Gasteiger partial charge in [0.1, 0.15) is 18.5 Å². The van der Waals surface area contributed by atoms with Gasteiger partial charge in [-0.1, -0.05) is 16.7 Å². The molecule has 1 aromatic carbocycles. The molecule has 3 rings (SSSR count). The van der Waals surface area contributed by atoms with Crippen LogP contribution in [0.15, 0.2) is 30.9 Å². The second kappa shape index (κ2) is 4.61. The van der Waals surface area contributed by atoms with Crippen molar-refractivity contribution in [3.05, 3.63) is 41.7 Å². The standard InChI is InChI=1S/C9H6ClFN8/c10-7-3-6(1-2-8(7)11)19-9(14-16-17-19)15-18-4-12-13-5-18/h1-5H,(H,14,15,17). The Labute approximate surface area is 110 Å². The first kappa shape index (κ1) is 11.5. The summed E-state index contributed by atoms with van der Waals surface area (Å²) < 4.78 is 15.9. The number of tetrazole rings is 1. The second-order valence-corrected chi connectivity index (χ2v) is 3.90. The van der Waals surface area contributed by atoms with E-state index < -0.39 is 5.82 Å². The number of nitrogens with one attached hydrogen (secondary N) is 1. The van der Waals surface area contributed by atoms with Crippen LogP contribution in [0.1, 0.15) is 0 Å². The van der Waals surface area contributed by atoms with Crippen LogP contribution in [0.4, 0.5) is 10.3 Å². The van der Waals surface area contributed by atoms with E-state index in [0.717, 1.165) is 0 Å². The lowest BCUT2D eigenvalue weighted by Gasteiger charge is -2.06. The molecule has 0 aliphatic carbocycles. The minimum atomic E-state index is -0.508. The number of hydrogen-bond acceptors (Lipinski definition) is 6. The molecule has 0 radical (unpaired) electrons. The molecule has 0 amide bonds. The van der Waals surface area contributed by atoms with Gasteiger partial charge in [0, 0.05) is 0 Å². The van der Waals surface area contributed by atoms with Crippen molar-refractivity contribution >= 4 is 17.5 Å². The number of anilines is 1. The van der Waals surface area contributed by atoms with Gasteiger partial charge in [0.05, 0.1) is 10.7 Å². The van der Waals surface area contributed by atoms with Crippen molar-refractivity contribution in [3.63, 3.8) is 0 Å². The second-order valence-electron chi connectivity index (χ2n) is 3.49. The highest BCUT2D eigenvalue weighted by Gasteiger charge is 2.10. The van der Waals surface area contributed by atoms with E-state index in [9.17, 15) is 4.39 Å². The number of nitrogens with zero attached hydrogens (tertiary/aromatic N) is 7. The summed E-state index contributed by atoms with van der Waals surface area (Å²) >= 11 is 5.72. The molecule has 0 aliphatic heterocycles. The van der Waals surface area contributed by atoms with Gasteiger partial charge >= 0.3 is 0 Å². The molecule has 0 bridgehead atoms. The monoisotopic (exact) mass is 280 g/mol. The lowest BCUT2D eigenvalue weighted by Crippen LogP contribution is -2.12. The zero-order valence-corrected chi connectivity index (χ0v) is 10.0. The van der Waals surface area contributed by atoms with Gasteiger partial charge in [-0.2, -0.15) is 4.68 Å². The lowest BCUT2D eigenvalue weighted by molar-refractivity contribution is 0.627. The summed E-state index contributed by atoms with van der Waals surface area (Å²) in [6, 6.07) is 4.17. The fourth-order valence-electron chi connectivity index (χ4n) is 1.42. The van der Waals surface area contributed by atoms with E-state index in [1.165, 1.54) is 40.2 Å². The zero-order chi connectivity index (χ0) is 13.2. The summed E-state index contributed by atoms with van der Waals surface area (Å²) in [7, 11) is 0. The third kappa shape index (κ3) is 2.22. The van der Waals surface area contributed by atoms with Gasteiger partial charge in [0.25, 0.3) is 5.95 Å². The third-order valence-electron chi connectivity index (χ3n) is 2.27. The molecule has 0 saturated heterocycles. The smallest absolute Gasteiger partial charge is 0.257 e. The summed E-state index contributed by atoms with van der Waals surface area (Å²) in [4.78, 5) is 0. The van der Waals surface area contributed by atoms with Crippen LogP contribution in [-0.2, 0) is 0 Å². The molecule has 2 aromatic heterocycles. The zero-order valence-electron chi connectivity index (χ0n) is 9.27. The molecule has 3 aromatic rings. The van der Waals surface area contributed by atoms with Crippen LogP contribution in [0.3, 0.4) is 0 Å². The van der Waals surface area contributed by atoms with E-state index >= 15 is 0 Å². The molecule has 0 unspecified atom stereocenters. The lowest BCUT2D eigenvalue weighted by atomic mass is 10.3. The Bertz CT molecular complexity index is 694. The topological polar surface area (TPSA) is 86.3 Å². The fraction of sp³-hybridized carbons (Fsp3) is 0. The molecule has 10 heteroatoms. The van der Waals surface area contributed by atoms with Crippen molar-refractivity contribution in [3.8, 4) is 5.69 Å². The minimum absolute atomic E-state index is 0.0109. The van der Waals surface area contributed by atoms with E-state index in [1.54, 1.807) is 0 Å². The maximum atomic E-state index is 13.1. The number of hydrogen-bond donors (Lipinski definition) is 1. The summed E-state index contributed by atoms with van der Waals surface area (Å²) in [5, 5.41) is 18.4. The van der Waals surface area contributed by atoms with Gasteiger partial charge in [0.15, 0.2) is 0 Å². The quantitative estimate of drug-likeness (QED) is 0.768. The van der Waals surface area contributed by atoms with Crippen molar-refractivity contribution in [1.29, 1.82) is 0 Å². The van der Waals surface area contributed by atoms with Crippen molar-refractivity contribution in [2.45, 2.75) is 0 Å². The maximum Gasteiger partial charge on any atom is 0.266 e. The molecular formula is C9H6ClFN8. The van der Waals surface area contributed by atoms with E-state index in [-0.39, 0.29) is 5.02 Å². The van der Waals surface area contributed by atoms with Crippen molar-refractivity contribution in [1.82, 2.24) is 35.1 Å². The number of halogens is 2. The maximum absolute atomic E-state index is 13.1. The van der Waals surface area contributed by atoms with Crippen LogP contribution in [0, 0.1) is 5.82 Å². The van der Waals surface area contributed by atoms with Crippen LogP contribution >= 0.6 is 11.6 Å². The van der Waals surface area contributed by atoms with Gasteiger partial charge in [-0.15, -0.1) is 10.2 Å². The summed E-state index contributed by atoms with van der Waals surface area (Å²) in [6.07, 6.45) is 2.88. The van der Waals surface area contributed by atoms with E-state index in [0.29, 0.717) is 11.6 Å². The van der Waals surface area contributed by atoms with Gasteiger partial charge < -0.3 is 0 Å². The predicted octanol–water partition coefficient (Wildman–Crippen LogP) is 0.921. The van der Waals surface area contributed by atoms with Crippen LogP contribution in [-0.4, -0.2) is 35.1 Å². The number of rotatable bonds is 3. The van der Waals surface area contributed by atoms with Crippen LogP contribution in [0.2, 0.25) is 5.02 Å². The normalized spacial score (nSPS) is 10.6. The van der Waals surface area contributed by atoms with Crippen LogP contribution in [0.25, 0.3) is 5.69 Å². The Kier molecular flexibility index (Phi) is 2.80. The van der Waals surface area contributed by atoms with E-state index in [4.69, 9.17) is 11.6 Å². The predicted molar refractivity (Wildman–Crippen MR) is 63.2 cm³/mol. The molecule has 96 valence electrons. The fourth-order valence-corrected chi connectivity index (χ4v) is 1.60. The van der Waals surface area contributed by atoms with Gasteiger partial charge in [0.2, 0.25) is 0 Å².